The number of amides is 1. The summed E-state index contributed by atoms with van der Waals surface area (Å²) in [6.07, 6.45) is 9.44. The molecule has 1 amide bonds. The molecule has 1 aliphatic heterocycles. The van der Waals surface area contributed by atoms with Gasteiger partial charge in [-0.1, -0.05) is 45.1 Å². The maximum atomic E-state index is 14.6. The molecule has 0 saturated heterocycles. The number of nitrogens with one attached hydrogen (secondary N) is 2. The van der Waals surface area contributed by atoms with Crippen LogP contribution < -0.4 is 26.6 Å². The predicted molar refractivity (Wildman–Crippen MR) is 125 cm³/mol. The van der Waals surface area contributed by atoms with Gasteiger partial charge in [0, 0.05) is 24.6 Å². The third kappa shape index (κ3) is 5.72. The number of rotatable bonds is 10. The van der Waals surface area contributed by atoms with E-state index in [0.717, 1.165) is 12.3 Å². The fourth-order valence-corrected chi connectivity index (χ4v) is 4.72. The third-order valence-electron chi connectivity index (χ3n) is 6.70. The lowest BCUT2D eigenvalue weighted by atomic mass is 10.0. The summed E-state index contributed by atoms with van der Waals surface area (Å²) in [6.45, 7) is 6.58. The van der Waals surface area contributed by atoms with Gasteiger partial charge in [-0.15, -0.1) is 0 Å². The molecule has 1 fully saturated rings. The first kappa shape index (κ1) is 23.3. The van der Waals surface area contributed by atoms with Gasteiger partial charge in [0.05, 0.1) is 18.3 Å². The van der Waals surface area contributed by atoms with E-state index >= 15 is 0 Å². The molecule has 1 atom stereocenters. The zero-order valence-corrected chi connectivity index (χ0v) is 19.3. The molecule has 1 aromatic heterocycles. The Bertz CT molecular complexity index is 1160. The Morgan fingerprint density at radius 3 is 2.94 bits per heavy atom. The summed E-state index contributed by atoms with van der Waals surface area (Å²) in [5.41, 5.74) is 1.29. The minimum absolute atomic E-state index is 0.000856. The molecular formula is C25H33FN4O3. The normalized spacial score (nSPS) is 16.1. The highest BCUT2D eigenvalue weighted by Gasteiger charge is 2.19. The van der Waals surface area contributed by atoms with Crippen molar-refractivity contribution in [2.45, 2.75) is 77.4 Å². The standard InChI is InChI=1S/C25H33FN4O3/c1-16(10-11-23(31)27-12-6-5-9-18-7-3-4-8-18)33-22-14-21-19(13-20(22)26)15-30-17(2)24(32)29-25(30)28-21/h13-14,16,18H,2-12,15H2,1H3,(H,27,31)(H,28,29,32). The third-order valence-corrected chi connectivity index (χ3v) is 6.70. The number of nitrogens with zero attached hydrogens (tertiary/aromatic N) is 2. The highest BCUT2D eigenvalue weighted by Crippen LogP contribution is 2.31. The van der Waals surface area contributed by atoms with Crippen molar-refractivity contribution in [3.05, 3.63) is 44.8 Å². The lowest BCUT2D eigenvalue weighted by Gasteiger charge is -2.18. The number of halogens is 1. The van der Waals surface area contributed by atoms with E-state index in [1.165, 1.54) is 44.6 Å². The number of benzene rings is 1. The molecule has 7 nitrogen and oxygen atoms in total. The maximum Gasteiger partial charge on any atom is 0.274 e. The van der Waals surface area contributed by atoms with E-state index in [-0.39, 0.29) is 23.3 Å². The van der Waals surface area contributed by atoms with Gasteiger partial charge in [-0.2, -0.15) is 0 Å². The van der Waals surface area contributed by atoms with Gasteiger partial charge < -0.3 is 14.6 Å². The number of carbonyl (C=O) groups excluding carboxylic acids is 1. The van der Waals surface area contributed by atoms with E-state index in [4.69, 9.17) is 4.74 Å². The number of hydrogen-bond donors (Lipinski definition) is 2. The smallest absolute Gasteiger partial charge is 0.274 e. The highest BCUT2D eigenvalue weighted by atomic mass is 19.1. The molecule has 1 saturated carbocycles. The second-order valence-corrected chi connectivity index (χ2v) is 9.30. The molecule has 4 rings (SSSR count). The first-order valence-electron chi connectivity index (χ1n) is 12.0. The van der Waals surface area contributed by atoms with Crippen LogP contribution in [-0.4, -0.2) is 28.1 Å². The zero-order valence-electron chi connectivity index (χ0n) is 19.3. The monoisotopic (exact) mass is 456 g/mol. The number of H-pyrrole nitrogens is 1. The molecule has 2 heterocycles. The van der Waals surface area contributed by atoms with Crippen LogP contribution in [0.5, 0.6) is 5.75 Å². The average Bonchev–Trinajstić information content (AvgIpc) is 3.39. The Balaban J connectivity index is 1.24. The average molecular weight is 457 g/mol. The Labute approximate surface area is 192 Å². The van der Waals surface area contributed by atoms with Crippen molar-refractivity contribution in [3.8, 4) is 5.75 Å². The molecule has 33 heavy (non-hydrogen) atoms. The van der Waals surface area contributed by atoms with Crippen LogP contribution in [0.4, 0.5) is 10.1 Å². The molecule has 1 aromatic carbocycles. The summed E-state index contributed by atoms with van der Waals surface area (Å²) < 4.78 is 22.0. The number of carbonyl (C=O) groups is 1. The molecule has 0 bridgehead atoms. The van der Waals surface area contributed by atoms with Gasteiger partial charge in [-0.3, -0.25) is 14.6 Å². The molecule has 8 heteroatoms. The molecule has 1 unspecified atom stereocenters. The van der Waals surface area contributed by atoms with Gasteiger partial charge in [0.2, 0.25) is 11.5 Å². The molecule has 178 valence electrons. The number of fused-ring (bicyclic) bond motifs is 2. The van der Waals surface area contributed by atoms with Crippen molar-refractivity contribution in [1.82, 2.24) is 14.9 Å². The summed E-state index contributed by atoms with van der Waals surface area (Å²) in [5, 5.41) is 3.27. The number of hydrogen-bond acceptors (Lipinski definition) is 4. The van der Waals surface area contributed by atoms with Crippen LogP contribution in [-0.2, 0) is 11.3 Å². The second kappa shape index (κ2) is 10.4. The van der Waals surface area contributed by atoms with E-state index in [9.17, 15) is 14.0 Å². The van der Waals surface area contributed by atoms with E-state index in [0.29, 0.717) is 48.1 Å². The van der Waals surface area contributed by atoms with Gasteiger partial charge in [-0.25, -0.2) is 9.38 Å². The van der Waals surface area contributed by atoms with Crippen molar-refractivity contribution >= 4 is 18.2 Å². The largest absolute Gasteiger partial charge is 0.488 e. The summed E-state index contributed by atoms with van der Waals surface area (Å²) in [5.74, 6) is 0.495. The number of unbranched alkanes of at least 4 members (excludes halogenated alkanes) is 1. The Morgan fingerprint density at radius 2 is 2.15 bits per heavy atom. The van der Waals surface area contributed by atoms with E-state index in [1.54, 1.807) is 10.6 Å². The van der Waals surface area contributed by atoms with Gasteiger partial charge in [-0.05, 0) is 31.7 Å². The van der Waals surface area contributed by atoms with Crippen molar-refractivity contribution in [3.63, 3.8) is 0 Å². The van der Waals surface area contributed by atoms with Crippen LogP contribution in [0.1, 0.15) is 70.3 Å². The van der Waals surface area contributed by atoms with E-state index in [1.807, 2.05) is 6.92 Å². The first-order valence-corrected chi connectivity index (χ1v) is 12.0. The van der Waals surface area contributed by atoms with E-state index < -0.39 is 5.82 Å². The van der Waals surface area contributed by atoms with Gasteiger partial charge in [0.15, 0.2) is 11.6 Å². The molecule has 1 aliphatic carbocycles. The molecular weight excluding hydrogens is 423 g/mol. The summed E-state index contributed by atoms with van der Waals surface area (Å²) in [4.78, 5) is 31.0. The van der Waals surface area contributed by atoms with Crippen molar-refractivity contribution in [2.24, 2.45) is 10.9 Å². The molecule has 2 aliphatic rings. The number of imidazole rings is 1. The van der Waals surface area contributed by atoms with Crippen LogP contribution in [0, 0.1) is 11.7 Å². The van der Waals surface area contributed by atoms with Crippen LogP contribution in [0.2, 0.25) is 0 Å². The Hall–Kier alpha value is -2.90. The van der Waals surface area contributed by atoms with Crippen molar-refractivity contribution in [2.75, 3.05) is 6.54 Å². The van der Waals surface area contributed by atoms with Crippen LogP contribution in [0.3, 0.4) is 0 Å². The van der Waals surface area contributed by atoms with E-state index in [2.05, 4.69) is 21.9 Å². The molecule has 0 spiro atoms. The first-order chi connectivity index (χ1) is 15.9. The van der Waals surface area contributed by atoms with Crippen LogP contribution in [0.25, 0.3) is 6.58 Å². The van der Waals surface area contributed by atoms with Crippen LogP contribution in [0.15, 0.2) is 21.9 Å². The molecule has 2 N–H and O–H groups in total. The van der Waals surface area contributed by atoms with Crippen LogP contribution >= 0.6 is 0 Å². The minimum Gasteiger partial charge on any atom is -0.488 e. The zero-order chi connectivity index (χ0) is 23.4. The SMILES string of the molecule is C=c1c(=O)[nH]c2n1Cc1cc(F)c(OC(C)CCC(=O)NCCCCC3CCCC3)cc1N=2. The van der Waals surface area contributed by atoms with Crippen molar-refractivity contribution < 1.29 is 13.9 Å². The predicted octanol–water partition coefficient (Wildman–Crippen LogP) is 3.06. The Kier molecular flexibility index (Phi) is 7.30. The summed E-state index contributed by atoms with van der Waals surface area (Å²) in [7, 11) is 0. The fraction of sp³-hybridized carbons (Fsp3) is 0.560. The van der Waals surface area contributed by atoms with Gasteiger partial charge in [0.25, 0.3) is 5.56 Å². The Morgan fingerprint density at radius 1 is 1.36 bits per heavy atom. The molecule has 2 aromatic rings. The summed E-state index contributed by atoms with van der Waals surface area (Å²) in [6, 6.07) is 2.93. The van der Waals surface area contributed by atoms with Gasteiger partial charge in [0.1, 0.15) is 5.35 Å². The topological polar surface area (TPSA) is 88.5 Å². The lowest BCUT2D eigenvalue weighted by Crippen LogP contribution is -2.32. The van der Waals surface area contributed by atoms with Gasteiger partial charge >= 0.3 is 0 Å². The highest BCUT2D eigenvalue weighted by molar-refractivity contribution is 5.75. The lowest BCUT2D eigenvalue weighted by molar-refractivity contribution is -0.121. The summed E-state index contributed by atoms with van der Waals surface area (Å²) >= 11 is 0. The number of aromatic amines is 1. The second-order valence-electron chi connectivity index (χ2n) is 9.30. The quantitative estimate of drug-likeness (QED) is 0.460. The minimum atomic E-state index is -0.491. The maximum absolute atomic E-state index is 14.6. The fourth-order valence-electron chi connectivity index (χ4n) is 4.72. The molecule has 0 radical (unpaired) electrons. The van der Waals surface area contributed by atoms with Crippen molar-refractivity contribution in [1.29, 1.82) is 0 Å². The number of ether oxygens (including phenoxy) is 1. The number of aromatic nitrogens is 2.